The normalized spacial score (nSPS) is 12.0. The number of halogens is 5. The van der Waals surface area contributed by atoms with Gasteiger partial charge in [0.05, 0.1) is 45.8 Å². The van der Waals surface area contributed by atoms with Gasteiger partial charge in [-0.25, -0.2) is 0 Å². The smallest absolute Gasteiger partial charge is 0.258 e. The Morgan fingerprint density at radius 2 is 0.958 bits per heavy atom. The van der Waals surface area contributed by atoms with Crippen LogP contribution in [0.25, 0.3) is 0 Å². The van der Waals surface area contributed by atoms with Crippen LogP contribution < -0.4 is 30.7 Å². The lowest BCUT2D eigenvalue weighted by atomic mass is 10.1. The summed E-state index contributed by atoms with van der Waals surface area (Å²) >= 11 is 31.5. The Morgan fingerprint density at radius 3 is 1.38 bits per heavy atom. The molecule has 0 heterocycles. The highest BCUT2D eigenvalue weighted by molar-refractivity contribution is 6.37. The molecule has 0 bridgehead atoms. The van der Waals surface area contributed by atoms with E-state index in [1.807, 2.05) is 26.0 Å². The zero-order valence-corrected chi connectivity index (χ0v) is 42.7. The fourth-order valence-corrected chi connectivity index (χ4v) is 8.02. The summed E-state index contributed by atoms with van der Waals surface area (Å²) in [7, 11) is 0. The number of para-hydroxylation sites is 2. The molecule has 16 nitrogen and oxygen atoms in total. The highest BCUT2D eigenvalue weighted by atomic mass is 35.5. The minimum atomic E-state index is -1.64. The minimum Gasteiger partial charge on any atom is -0.492 e. The second-order valence-electron chi connectivity index (χ2n) is 15.3. The molecule has 4 amide bonds. The molecular weight excluding hydrogens is 1020 g/mol. The second kappa shape index (κ2) is 27.2. The first-order valence-corrected chi connectivity index (χ1v) is 24.5. The molecule has 0 aliphatic rings. The first-order chi connectivity index (χ1) is 34.1. The van der Waals surface area contributed by atoms with Crippen molar-refractivity contribution in [1.82, 2.24) is 0 Å². The van der Waals surface area contributed by atoms with Crippen molar-refractivity contribution in [3.05, 3.63) is 129 Å². The molecule has 0 spiro atoms. The van der Waals surface area contributed by atoms with Crippen molar-refractivity contribution in [3.8, 4) is 11.5 Å². The molecule has 5 rings (SSSR count). The highest BCUT2D eigenvalue weighted by Crippen LogP contribution is 2.35. The molecule has 2 unspecified atom stereocenters. The maximum absolute atomic E-state index is 13.6. The van der Waals surface area contributed by atoms with Crippen LogP contribution in [-0.2, 0) is 38.4 Å². The van der Waals surface area contributed by atoms with Crippen LogP contribution in [0.4, 0.5) is 34.1 Å². The molecule has 0 saturated heterocycles. The lowest BCUT2D eigenvalue weighted by Gasteiger charge is -2.16. The monoisotopic (exact) mass is 1060 g/mol. The third-order valence-corrected chi connectivity index (χ3v) is 11.7. The Balaban J connectivity index is 1.30. The quantitative estimate of drug-likeness (QED) is 0.0264. The van der Waals surface area contributed by atoms with Crippen LogP contribution >= 0.6 is 58.0 Å². The number of rotatable bonds is 24. The molecule has 5 aromatic carbocycles. The Bertz CT molecular complexity index is 2800. The minimum absolute atomic E-state index is 0.0144. The van der Waals surface area contributed by atoms with Crippen molar-refractivity contribution < 1.29 is 38.2 Å². The summed E-state index contributed by atoms with van der Waals surface area (Å²) in [5.74, 6) is -2.53. The molecule has 0 radical (unpaired) electrons. The standard InChI is InChI=1S/C50H49Cl5N8O8/c1-5-70-39-17-7-11-30(21-24-51)45(39)58-47(66)34-13-9-15-37(41(34)54)60-62-43(28(3)64)49(68)56-33-19-20-36(32(27-33)23-26-53)57-50(69)44(29(4)65)63-61-38-16-10-14-35(42(38)55)48(67)59-46-31(22-25-52)12-8-18-40(46)71-6-2/h7-20,27,43-44H,5-6,21-26H2,1-4H3,(H,56,68)(H,57,69)(H,58,66)(H,59,67). The Labute approximate surface area is 435 Å². The first kappa shape index (κ1) is 55.5. The van der Waals surface area contributed by atoms with Gasteiger partial charge >= 0.3 is 0 Å². The molecule has 0 aromatic heterocycles. The van der Waals surface area contributed by atoms with E-state index in [1.54, 1.807) is 24.3 Å². The number of benzene rings is 5. The van der Waals surface area contributed by atoms with Gasteiger partial charge in [0.25, 0.3) is 23.6 Å². The van der Waals surface area contributed by atoms with E-state index >= 15 is 0 Å². The number of ketones is 2. The van der Waals surface area contributed by atoms with Gasteiger partial charge in [-0.1, -0.05) is 59.6 Å². The topological polar surface area (TPSA) is 218 Å². The summed E-state index contributed by atoms with van der Waals surface area (Å²) in [5, 5.41) is 27.1. The lowest BCUT2D eigenvalue weighted by Crippen LogP contribution is -2.32. The van der Waals surface area contributed by atoms with Crippen molar-refractivity contribution >= 4 is 127 Å². The third kappa shape index (κ3) is 14.8. The molecule has 71 heavy (non-hydrogen) atoms. The van der Waals surface area contributed by atoms with Gasteiger partial charge in [0, 0.05) is 29.0 Å². The van der Waals surface area contributed by atoms with E-state index in [0.717, 1.165) is 25.0 Å². The second-order valence-corrected chi connectivity index (χ2v) is 17.1. The summed E-state index contributed by atoms with van der Waals surface area (Å²) in [6.45, 7) is 6.67. The van der Waals surface area contributed by atoms with E-state index in [1.165, 1.54) is 54.6 Å². The van der Waals surface area contributed by atoms with Gasteiger partial charge in [-0.15, -0.1) is 34.8 Å². The van der Waals surface area contributed by atoms with Crippen molar-refractivity contribution in [2.75, 3.05) is 52.1 Å². The molecule has 372 valence electrons. The average molecular weight is 1070 g/mol. The Morgan fingerprint density at radius 1 is 0.535 bits per heavy atom. The van der Waals surface area contributed by atoms with Crippen molar-refractivity contribution in [3.63, 3.8) is 0 Å². The number of ether oxygens (including phenoxy) is 2. The predicted octanol–water partition coefficient (Wildman–Crippen LogP) is 12.0. The van der Waals surface area contributed by atoms with Crippen LogP contribution in [0, 0.1) is 0 Å². The number of hydrogen-bond donors (Lipinski definition) is 4. The number of hydrogen-bond acceptors (Lipinski definition) is 12. The molecule has 0 saturated carbocycles. The van der Waals surface area contributed by atoms with E-state index in [-0.39, 0.29) is 56.2 Å². The van der Waals surface area contributed by atoms with E-state index in [9.17, 15) is 28.8 Å². The summed E-state index contributed by atoms with van der Waals surface area (Å²) in [6.07, 6.45) is 1.12. The van der Waals surface area contributed by atoms with Crippen molar-refractivity contribution in [2.24, 2.45) is 20.5 Å². The number of azo groups is 2. The number of nitrogens with one attached hydrogen (secondary N) is 4. The fourth-order valence-electron chi connectivity index (χ4n) is 6.91. The molecule has 0 aliphatic heterocycles. The number of amides is 4. The van der Waals surface area contributed by atoms with Crippen molar-refractivity contribution in [1.29, 1.82) is 0 Å². The molecule has 4 N–H and O–H groups in total. The first-order valence-electron chi connectivity index (χ1n) is 22.1. The van der Waals surface area contributed by atoms with Crippen molar-refractivity contribution in [2.45, 2.75) is 59.0 Å². The number of carbonyl (C=O) groups excluding carboxylic acids is 6. The lowest BCUT2D eigenvalue weighted by molar-refractivity contribution is -0.127. The summed E-state index contributed by atoms with van der Waals surface area (Å²) in [6, 6.07) is 20.8. The number of anilines is 4. The van der Waals surface area contributed by atoms with Crippen LogP contribution in [0.3, 0.4) is 0 Å². The van der Waals surface area contributed by atoms with E-state index in [0.29, 0.717) is 66.3 Å². The molecule has 2 atom stereocenters. The van der Waals surface area contributed by atoms with Crippen LogP contribution in [-0.4, -0.2) is 78.1 Å². The molecule has 0 aliphatic carbocycles. The zero-order valence-electron chi connectivity index (χ0n) is 38.9. The van der Waals surface area contributed by atoms with Gasteiger partial charge in [0.2, 0.25) is 12.1 Å². The SMILES string of the molecule is CCOc1cccc(CCCl)c1NC(=O)c1cccc(N=NC(C(C)=O)C(=O)Nc2ccc(NC(=O)C(N=Nc3cccc(C(=O)Nc4c(CCCl)cccc4OCC)c3Cl)C(C)=O)c(CCCl)c2)c1Cl. The summed E-state index contributed by atoms with van der Waals surface area (Å²) in [5.41, 5.74) is 3.41. The summed E-state index contributed by atoms with van der Waals surface area (Å²) in [4.78, 5) is 79.8. The fraction of sp³-hybridized carbons (Fsp3) is 0.280. The molecular formula is C50H49Cl5N8O8. The third-order valence-electron chi connectivity index (χ3n) is 10.3. The van der Waals surface area contributed by atoms with Crippen LogP contribution in [0.2, 0.25) is 10.0 Å². The van der Waals surface area contributed by atoms with E-state index < -0.39 is 47.3 Å². The Kier molecular flexibility index (Phi) is 21.3. The number of Topliss-reactive ketones (excluding diaryl/α,β-unsaturated/α-hetero) is 2. The van der Waals surface area contributed by atoms with Gasteiger partial charge in [-0.2, -0.15) is 20.5 Å². The zero-order chi connectivity index (χ0) is 51.6. The maximum atomic E-state index is 13.6. The number of nitrogens with zero attached hydrogens (tertiary/aromatic N) is 4. The van der Waals surface area contributed by atoms with Gasteiger partial charge in [-0.05, 0) is 118 Å². The van der Waals surface area contributed by atoms with Crippen LogP contribution in [0.5, 0.6) is 11.5 Å². The number of alkyl halides is 3. The number of aryl methyl sites for hydroxylation is 3. The average Bonchev–Trinajstić information content (AvgIpc) is 3.33. The largest absolute Gasteiger partial charge is 0.492 e. The predicted molar refractivity (Wildman–Crippen MR) is 279 cm³/mol. The van der Waals surface area contributed by atoms with Gasteiger partial charge in [0.15, 0.2) is 11.6 Å². The molecule has 0 fully saturated rings. The Hall–Kier alpha value is -6.43. The number of carbonyl (C=O) groups is 6. The maximum Gasteiger partial charge on any atom is 0.258 e. The van der Waals surface area contributed by atoms with Gasteiger partial charge < -0.3 is 30.7 Å². The molecule has 5 aromatic rings. The molecule has 21 heteroatoms. The van der Waals surface area contributed by atoms with E-state index in [4.69, 9.17) is 67.5 Å². The van der Waals surface area contributed by atoms with Crippen LogP contribution in [0.1, 0.15) is 65.1 Å². The van der Waals surface area contributed by atoms with Gasteiger partial charge in [-0.3, -0.25) is 28.8 Å². The summed E-state index contributed by atoms with van der Waals surface area (Å²) < 4.78 is 11.5. The highest BCUT2D eigenvalue weighted by Gasteiger charge is 2.27. The van der Waals surface area contributed by atoms with Gasteiger partial charge in [0.1, 0.15) is 22.9 Å². The van der Waals surface area contributed by atoms with E-state index in [2.05, 4.69) is 41.7 Å². The van der Waals surface area contributed by atoms with Crippen LogP contribution in [0.15, 0.2) is 111 Å².